The van der Waals surface area contributed by atoms with E-state index < -0.39 is 0 Å². The number of thioether (sulfide) groups is 1. The van der Waals surface area contributed by atoms with Gasteiger partial charge in [-0.25, -0.2) is 9.97 Å². The van der Waals surface area contributed by atoms with Crippen LogP contribution in [0, 0.1) is 6.92 Å². The molecule has 0 radical (unpaired) electrons. The quantitative estimate of drug-likeness (QED) is 0.455. The van der Waals surface area contributed by atoms with Crippen LogP contribution in [0.3, 0.4) is 0 Å². The van der Waals surface area contributed by atoms with Gasteiger partial charge in [0, 0.05) is 10.3 Å². The van der Waals surface area contributed by atoms with Gasteiger partial charge in [-0.1, -0.05) is 23.9 Å². The number of carbonyl (C=O) groups is 1. The number of para-hydroxylation sites is 2. The molecule has 0 fully saturated rings. The smallest absolute Gasteiger partial charge is 0.237 e. The third-order valence-electron chi connectivity index (χ3n) is 4.75. The number of nitrogens with one attached hydrogen (secondary N) is 1. The fraction of sp³-hybridized carbons (Fsp3) is 0.381. The lowest BCUT2D eigenvalue weighted by Gasteiger charge is -2.15. The maximum atomic E-state index is 12.8. The van der Waals surface area contributed by atoms with Crippen molar-refractivity contribution in [2.75, 3.05) is 11.9 Å². The van der Waals surface area contributed by atoms with Crippen molar-refractivity contribution in [1.82, 2.24) is 9.97 Å². The number of hydrogen-bond acceptors (Lipinski definition) is 6. The number of amides is 1. The van der Waals surface area contributed by atoms with Gasteiger partial charge in [-0.2, -0.15) is 0 Å². The molecule has 1 amide bonds. The van der Waals surface area contributed by atoms with E-state index in [2.05, 4.69) is 15.3 Å². The third-order valence-corrected chi connectivity index (χ3v) is 7.02. The summed E-state index contributed by atoms with van der Waals surface area (Å²) in [5.74, 6) is 1.38. The second-order valence-corrected chi connectivity index (χ2v) is 9.21. The minimum atomic E-state index is -0.288. The van der Waals surface area contributed by atoms with Gasteiger partial charge in [-0.05, 0) is 57.7 Å². The molecule has 7 heteroatoms. The van der Waals surface area contributed by atoms with E-state index in [-0.39, 0.29) is 11.2 Å². The van der Waals surface area contributed by atoms with Gasteiger partial charge in [0.05, 0.1) is 17.5 Å². The number of aromatic nitrogens is 2. The number of nitrogens with zero attached hydrogens (tertiary/aromatic N) is 2. The Kier molecular flexibility index (Phi) is 5.55. The van der Waals surface area contributed by atoms with Crippen LogP contribution in [-0.4, -0.2) is 27.7 Å². The molecule has 2 heterocycles. The largest absolute Gasteiger partial charge is 0.492 e. The van der Waals surface area contributed by atoms with Crippen LogP contribution in [0.1, 0.15) is 36.5 Å². The Bertz CT molecular complexity index is 1030. The molecule has 1 atom stereocenters. The zero-order chi connectivity index (χ0) is 19.7. The lowest BCUT2D eigenvalue weighted by molar-refractivity contribution is -0.115. The summed E-state index contributed by atoms with van der Waals surface area (Å²) in [5, 5.41) is 4.78. The van der Waals surface area contributed by atoms with E-state index in [0.29, 0.717) is 18.0 Å². The molecule has 146 valence electrons. The summed E-state index contributed by atoms with van der Waals surface area (Å²) < 4.78 is 5.61. The maximum absolute atomic E-state index is 12.8. The molecule has 5 nitrogen and oxygen atoms in total. The number of carbonyl (C=O) groups excluding carboxylic acids is 1. The Morgan fingerprint density at radius 2 is 2.14 bits per heavy atom. The Labute approximate surface area is 172 Å². The highest BCUT2D eigenvalue weighted by Crippen LogP contribution is 2.41. The Balaban J connectivity index is 1.57. The van der Waals surface area contributed by atoms with E-state index in [1.807, 2.05) is 45.0 Å². The number of hydrogen-bond donors (Lipinski definition) is 1. The number of aryl methyl sites for hydroxylation is 3. The SMILES string of the molecule is CCOc1ccccc1NC(=O)[C@@H](C)Sc1nc(C)nc2sc3c(c12)CCC3. The summed E-state index contributed by atoms with van der Waals surface area (Å²) in [6.45, 7) is 6.31. The first-order valence-electron chi connectivity index (χ1n) is 9.55. The summed E-state index contributed by atoms with van der Waals surface area (Å²) in [4.78, 5) is 24.6. The Morgan fingerprint density at radius 3 is 2.96 bits per heavy atom. The second-order valence-electron chi connectivity index (χ2n) is 6.79. The predicted octanol–water partition coefficient (Wildman–Crippen LogP) is 5.01. The Morgan fingerprint density at radius 1 is 1.32 bits per heavy atom. The molecule has 2 aromatic heterocycles. The fourth-order valence-electron chi connectivity index (χ4n) is 3.46. The van der Waals surface area contributed by atoms with Gasteiger partial charge in [0.25, 0.3) is 0 Å². The number of benzene rings is 1. The zero-order valence-electron chi connectivity index (χ0n) is 16.2. The fourth-order valence-corrected chi connectivity index (χ4v) is 5.85. The molecule has 1 aromatic carbocycles. The minimum Gasteiger partial charge on any atom is -0.492 e. The molecule has 1 aliphatic carbocycles. The molecule has 3 aromatic rings. The molecule has 1 aliphatic rings. The molecule has 0 saturated carbocycles. The molecular weight excluding hydrogens is 390 g/mol. The van der Waals surface area contributed by atoms with Crippen molar-refractivity contribution in [3.8, 4) is 5.75 Å². The van der Waals surface area contributed by atoms with E-state index in [4.69, 9.17) is 4.74 Å². The molecule has 28 heavy (non-hydrogen) atoms. The van der Waals surface area contributed by atoms with Crippen LogP contribution < -0.4 is 10.1 Å². The van der Waals surface area contributed by atoms with E-state index >= 15 is 0 Å². The first kappa shape index (κ1) is 19.2. The lowest BCUT2D eigenvalue weighted by Crippen LogP contribution is -2.23. The number of ether oxygens (including phenoxy) is 1. The van der Waals surface area contributed by atoms with Crippen LogP contribution in [0.5, 0.6) is 5.75 Å². The predicted molar refractivity (Wildman–Crippen MR) is 116 cm³/mol. The first-order valence-corrected chi connectivity index (χ1v) is 11.2. The molecule has 4 rings (SSSR count). The molecule has 0 spiro atoms. The summed E-state index contributed by atoms with van der Waals surface area (Å²) in [7, 11) is 0. The van der Waals surface area contributed by atoms with Crippen molar-refractivity contribution < 1.29 is 9.53 Å². The van der Waals surface area contributed by atoms with Crippen molar-refractivity contribution in [2.24, 2.45) is 0 Å². The van der Waals surface area contributed by atoms with Crippen molar-refractivity contribution >= 4 is 44.9 Å². The van der Waals surface area contributed by atoms with Crippen LogP contribution in [0.25, 0.3) is 10.2 Å². The van der Waals surface area contributed by atoms with Gasteiger partial charge in [-0.3, -0.25) is 4.79 Å². The average Bonchev–Trinajstić information content (AvgIpc) is 3.24. The van der Waals surface area contributed by atoms with Gasteiger partial charge in [0.15, 0.2) is 0 Å². The summed E-state index contributed by atoms with van der Waals surface area (Å²) in [6.07, 6.45) is 3.40. The van der Waals surface area contributed by atoms with E-state index in [0.717, 1.165) is 33.9 Å². The van der Waals surface area contributed by atoms with Crippen molar-refractivity contribution in [3.63, 3.8) is 0 Å². The molecule has 0 saturated heterocycles. The molecule has 0 aliphatic heterocycles. The highest BCUT2D eigenvalue weighted by atomic mass is 32.2. The third kappa shape index (κ3) is 3.73. The zero-order valence-corrected chi connectivity index (χ0v) is 17.9. The first-order chi connectivity index (χ1) is 13.6. The van der Waals surface area contributed by atoms with Gasteiger partial charge in [0.2, 0.25) is 5.91 Å². The van der Waals surface area contributed by atoms with E-state index in [1.54, 1.807) is 11.3 Å². The van der Waals surface area contributed by atoms with Gasteiger partial charge in [0.1, 0.15) is 21.4 Å². The van der Waals surface area contributed by atoms with E-state index in [1.165, 1.54) is 28.6 Å². The topological polar surface area (TPSA) is 64.1 Å². The van der Waals surface area contributed by atoms with Crippen LogP contribution in [0.15, 0.2) is 29.3 Å². The highest BCUT2D eigenvalue weighted by molar-refractivity contribution is 8.00. The van der Waals surface area contributed by atoms with Crippen LogP contribution >= 0.6 is 23.1 Å². The van der Waals surface area contributed by atoms with Gasteiger partial charge in [-0.15, -0.1) is 11.3 Å². The van der Waals surface area contributed by atoms with Crippen molar-refractivity contribution in [3.05, 3.63) is 40.5 Å². The summed E-state index contributed by atoms with van der Waals surface area (Å²) in [6, 6.07) is 7.51. The van der Waals surface area contributed by atoms with Gasteiger partial charge >= 0.3 is 0 Å². The maximum Gasteiger partial charge on any atom is 0.237 e. The number of thiophene rings is 1. The van der Waals surface area contributed by atoms with Gasteiger partial charge < -0.3 is 10.1 Å². The molecule has 1 N–H and O–H groups in total. The summed E-state index contributed by atoms with van der Waals surface area (Å²) >= 11 is 3.29. The molecule has 0 unspecified atom stereocenters. The highest BCUT2D eigenvalue weighted by Gasteiger charge is 2.25. The van der Waals surface area contributed by atoms with Crippen molar-refractivity contribution in [2.45, 2.75) is 50.3 Å². The van der Waals surface area contributed by atoms with Crippen LogP contribution in [0.2, 0.25) is 0 Å². The monoisotopic (exact) mass is 413 g/mol. The van der Waals surface area contributed by atoms with Crippen LogP contribution in [-0.2, 0) is 17.6 Å². The molecule has 0 bridgehead atoms. The number of fused-ring (bicyclic) bond motifs is 3. The lowest BCUT2D eigenvalue weighted by atomic mass is 10.2. The standard InChI is InChI=1S/C21H23N3O2S2/c1-4-26-16-10-6-5-9-15(16)24-19(25)12(2)27-20-18-14-8-7-11-17(14)28-21(18)23-13(3)22-20/h5-6,9-10,12H,4,7-8,11H2,1-3H3,(H,24,25)/t12-/m1/s1. The number of anilines is 1. The average molecular weight is 414 g/mol. The Hall–Kier alpha value is -2.12. The minimum absolute atomic E-state index is 0.0616. The van der Waals surface area contributed by atoms with Crippen LogP contribution in [0.4, 0.5) is 5.69 Å². The second kappa shape index (κ2) is 8.09. The number of rotatable bonds is 6. The normalized spacial score (nSPS) is 14.1. The van der Waals surface area contributed by atoms with E-state index in [9.17, 15) is 4.79 Å². The van der Waals surface area contributed by atoms with Crippen molar-refractivity contribution in [1.29, 1.82) is 0 Å². The molecular formula is C21H23N3O2S2. The summed E-state index contributed by atoms with van der Waals surface area (Å²) in [5.41, 5.74) is 2.08.